The molecule has 2 aliphatic carbocycles. The number of ether oxygens (including phenoxy) is 2. The van der Waals surface area contributed by atoms with E-state index in [1.807, 2.05) is 38.7 Å². The number of hydrogen-bond acceptors (Lipinski definition) is 7. The van der Waals surface area contributed by atoms with Gasteiger partial charge in [-0.1, -0.05) is 39.3 Å². The lowest BCUT2D eigenvalue weighted by Crippen LogP contribution is -2.81. The number of fused-ring (bicyclic) bond motifs is 3. The minimum Gasteiger partial charge on any atom is -0.454 e. The van der Waals surface area contributed by atoms with E-state index in [4.69, 9.17) is 9.47 Å². The third-order valence-corrected chi connectivity index (χ3v) is 8.63. The van der Waals surface area contributed by atoms with E-state index < -0.39 is 51.6 Å². The number of rotatable bonds is 6. The van der Waals surface area contributed by atoms with Gasteiger partial charge in [-0.3, -0.25) is 14.5 Å². The maximum Gasteiger partial charge on any atom is 0.320 e. The average molecular weight is 464 g/mol. The summed E-state index contributed by atoms with van der Waals surface area (Å²) >= 11 is 0. The van der Waals surface area contributed by atoms with Crippen LogP contribution in [0.5, 0.6) is 0 Å². The van der Waals surface area contributed by atoms with Crippen LogP contribution in [-0.2, 0) is 19.1 Å². The van der Waals surface area contributed by atoms with E-state index >= 15 is 0 Å². The van der Waals surface area contributed by atoms with Crippen LogP contribution in [0, 0.1) is 10.8 Å². The Bertz CT molecular complexity index is 863. The van der Waals surface area contributed by atoms with Crippen molar-refractivity contribution in [3.8, 4) is 0 Å². The second-order valence-electron chi connectivity index (χ2n) is 11.1. The van der Waals surface area contributed by atoms with Gasteiger partial charge in [0.15, 0.2) is 17.5 Å². The highest BCUT2D eigenvalue weighted by Crippen LogP contribution is 2.64. The number of Topliss-reactive ketones (excluding diaryl/α,β-unsaturated/α-hetero) is 1. The van der Waals surface area contributed by atoms with Gasteiger partial charge in [0.2, 0.25) is 0 Å². The van der Waals surface area contributed by atoms with Gasteiger partial charge in [0.25, 0.3) is 0 Å². The van der Waals surface area contributed by atoms with Crippen LogP contribution in [0.2, 0.25) is 0 Å². The monoisotopic (exact) mass is 463 g/mol. The van der Waals surface area contributed by atoms with Crippen LogP contribution in [0.3, 0.4) is 0 Å². The first-order valence-corrected chi connectivity index (χ1v) is 12.1. The first-order valence-electron chi connectivity index (χ1n) is 12.1. The molecule has 0 unspecified atom stereocenters. The minimum absolute atomic E-state index is 0.0846. The van der Waals surface area contributed by atoms with Gasteiger partial charge in [-0.15, -0.1) is 6.58 Å². The lowest BCUT2D eigenvalue weighted by atomic mass is 9.44. The molecule has 0 bridgehead atoms. The second kappa shape index (κ2) is 8.29. The summed E-state index contributed by atoms with van der Waals surface area (Å²) in [5.74, 6) is -0.892. The Hall–Kier alpha value is -1.54. The largest absolute Gasteiger partial charge is 0.454 e. The molecule has 3 aliphatic rings. The summed E-state index contributed by atoms with van der Waals surface area (Å²) in [5.41, 5.74) is -5.72. The van der Waals surface area contributed by atoms with Crippen LogP contribution in [-0.4, -0.2) is 75.5 Å². The van der Waals surface area contributed by atoms with Crippen molar-refractivity contribution in [1.29, 1.82) is 0 Å². The minimum atomic E-state index is -2.09. The molecule has 2 N–H and O–H groups in total. The first kappa shape index (κ1) is 26.1. The maximum absolute atomic E-state index is 13.8. The Morgan fingerprint density at radius 2 is 1.88 bits per heavy atom. The molecule has 1 heterocycles. The number of carbonyl (C=O) groups excluding carboxylic acids is 2. The summed E-state index contributed by atoms with van der Waals surface area (Å²) in [7, 11) is 0. The lowest BCUT2D eigenvalue weighted by molar-refractivity contribution is -0.305. The number of ketones is 1. The SMILES string of the molecule is C=C[C@@]1(C)CC(=O)[C@@]2(O)[C@](C)(O1)[C@@H](OC(=O)CN(CC)CC)C=C1C(C)(C)CC[C@H](O)[C@@]12C. The van der Waals surface area contributed by atoms with Crippen LogP contribution >= 0.6 is 0 Å². The molecule has 33 heavy (non-hydrogen) atoms. The molecule has 6 atom stereocenters. The summed E-state index contributed by atoms with van der Waals surface area (Å²) < 4.78 is 12.4. The topological polar surface area (TPSA) is 96.3 Å². The molecule has 7 heteroatoms. The molecule has 0 aromatic heterocycles. The number of aliphatic hydroxyl groups is 2. The zero-order chi connectivity index (χ0) is 25.0. The van der Waals surface area contributed by atoms with E-state index in [1.165, 1.54) is 0 Å². The average Bonchev–Trinajstić information content (AvgIpc) is 2.74. The van der Waals surface area contributed by atoms with E-state index in [-0.39, 0.29) is 13.0 Å². The standard InChI is InChI=1S/C26H41NO6/c1-9-23(6)15-19(29)26(31)24(7)17(22(4,5)13-12-18(24)28)14-20(25(26,8)33-23)32-21(30)16-27(10-2)11-3/h9,14,18,20,28,31H,1,10-13,15-16H2,2-8H3/t18-,20-,23-,24+,25+,26-/m0/s1. The number of aliphatic hydroxyl groups excluding tert-OH is 1. The number of nitrogens with zero attached hydrogens (tertiary/aromatic N) is 1. The molecular formula is C26H41NO6. The van der Waals surface area contributed by atoms with Gasteiger partial charge < -0.3 is 19.7 Å². The highest BCUT2D eigenvalue weighted by Gasteiger charge is 2.76. The fourth-order valence-corrected chi connectivity index (χ4v) is 6.40. The molecule has 0 spiro atoms. The van der Waals surface area contributed by atoms with E-state index in [9.17, 15) is 19.8 Å². The van der Waals surface area contributed by atoms with E-state index in [0.29, 0.717) is 25.9 Å². The van der Waals surface area contributed by atoms with Crippen molar-refractivity contribution >= 4 is 11.8 Å². The highest BCUT2D eigenvalue weighted by atomic mass is 16.6. The Labute approximate surface area is 197 Å². The molecule has 2 fully saturated rings. The van der Waals surface area contributed by atoms with Gasteiger partial charge in [-0.05, 0) is 58.2 Å². The normalized spacial score (nSPS) is 42.2. The van der Waals surface area contributed by atoms with Crippen molar-refractivity contribution in [3.63, 3.8) is 0 Å². The molecule has 7 nitrogen and oxygen atoms in total. The van der Waals surface area contributed by atoms with Gasteiger partial charge in [-0.25, -0.2) is 0 Å². The zero-order valence-electron chi connectivity index (χ0n) is 21.2. The molecule has 3 rings (SSSR count). The lowest BCUT2D eigenvalue weighted by Gasteiger charge is -2.66. The molecule has 0 radical (unpaired) electrons. The number of hydrogen-bond donors (Lipinski definition) is 2. The van der Waals surface area contributed by atoms with Crippen LogP contribution in [0.25, 0.3) is 0 Å². The Morgan fingerprint density at radius 3 is 2.42 bits per heavy atom. The Balaban J connectivity index is 2.20. The van der Waals surface area contributed by atoms with Crippen LogP contribution in [0.4, 0.5) is 0 Å². The third-order valence-electron chi connectivity index (χ3n) is 8.63. The highest BCUT2D eigenvalue weighted by molar-refractivity contribution is 5.93. The molecule has 1 saturated carbocycles. The molecule has 0 amide bonds. The fraction of sp³-hybridized carbons (Fsp3) is 0.769. The Kier molecular flexibility index (Phi) is 6.55. The molecule has 0 aromatic carbocycles. The van der Waals surface area contributed by atoms with Gasteiger partial charge in [0.1, 0.15) is 5.60 Å². The summed E-state index contributed by atoms with van der Waals surface area (Å²) in [4.78, 5) is 28.7. The van der Waals surface area contributed by atoms with Crippen molar-refractivity contribution in [1.82, 2.24) is 4.90 Å². The van der Waals surface area contributed by atoms with Crippen molar-refractivity contribution in [2.45, 2.75) is 96.7 Å². The quantitative estimate of drug-likeness (QED) is 0.462. The number of likely N-dealkylation sites (N-methyl/N-ethyl adjacent to an activating group) is 1. The van der Waals surface area contributed by atoms with Crippen molar-refractivity contribution in [3.05, 3.63) is 24.3 Å². The van der Waals surface area contributed by atoms with Crippen molar-refractivity contribution in [2.24, 2.45) is 10.8 Å². The molecule has 1 saturated heterocycles. The fourth-order valence-electron chi connectivity index (χ4n) is 6.40. The molecule has 186 valence electrons. The summed E-state index contributed by atoms with van der Waals surface area (Å²) in [5, 5.41) is 23.6. The summed E-state index contributed by atoms with van der Waals surface area (Å²) in [6.07, 6.45) is 2.45. The molecular weight excluding hydrogens is 422 g/mol. The zero-order valence-corrected chi connectivity index (χ0v) is 21.2. The van der Waals surface area contributed by atoms with Crippen LogP contribution < -0.4 is 0 Å². The van der Waals surface area contributed by atoms with Crippen molar-refractivity contribution in [2.75, 3.05) is 19.6 Å². The summed E-state index contributed by atoms with van der Waals surface area (Å²) in [6, 6.07) is 0. The van der Waals surface area contributed by atoms with E-state index in [2.05, 4.69) is 6.58 Å². The van der Waals surface area contributed by atoms with Gasteiger partial charge in [0.05, 0.1) is 23.7 Å². The number of carbonyl (C=O) groups is 2. The predicted molar refractivity (Wildman–Crippen MR) is 126 cm³/mol. The van der Waals surface area contributed by atoms with Gasteiger partial charge in [-0.2, -0.15) is 0 Å². The molecule has 1 aliphatic heterocycles. The third kappa shape index (κ3) is 3.63. The van der Waals surface area contributed by atoms with E-state index in [1.54, 1.807) is 26.8 Å². The van der Waals surface area contributed by atoms with Gasteiger partial charge >= 0.3 is 5.97 Å². The Morgan fingerprint density at radius 1 is 1.27 bits per heavy atom. The maximum atomic E-state index is 13.8. The predicted octanol–water partition coefficient (Wildman–Crippen LogP) is 2.79. The van der Waals surface area contributed by atoms with Crippen LogP contribution in [0.1, 0.15) is 67.7 Å². The summed E-state index contributed by atoms with van der Waals surface area (Å²) in [6.45, 7) is 18.4. The van der Waals surface area contributed by atoms with E-state index in [0.717, 1.165) is 5.57 Å². The second-order valence-corrected chi connectivity index (χ2v) is 11.1. The smallest absolute Gasteiger partial charge is 0.320 e. The van der Waals surface area contributed by atoms with Gasteiger partial charge in [0, 0.05) is 6.42 Å². The first-order chi connectivity index (χ1) is 15.1. The molecule has 0 aromatic rings. The van der Waals surface area contributed by atoms with Crippen LogP contribution in [0.15, 0.2) is 24.3 Å². The van der Waals surface area contributed by atoms with Crippen molar-refractivity contribution < 1.29 is 29.3 Å². The number of esters is 1.